The summed E-state index contributed by atoms with van der Waals surface area (Å²) in [6.07, 6.45) is 0. The minimum Gasteiger partial charge on any atom is -0.466 e. The third-order valence-corrected chi connectivity index (χ3v) is 4.54. The zero-order valence-electron chi connectivity index (χ0n) is 14.4. The molecule has 0 aliphatic carbocycles. The molecular weight excluding hydrogens is 370 g/mol. The van der Waals surface area contributed by atoms with E-state index in [0.717, 1.165) is 16.5 Å². The van der Waals surface area contributed by atoms with Crippen molar-refractivity contribution in [1.82, 2.24) is 15.1 Å². The lowest BCUT2D eigenvalue weighted by atomic mass is 10.2. The summed E-state index contributed by atoms with van der Waals surface area (Å²) in [5, 5.41) is 7.60. The van der Waals surface area contributed by atoms with E-state index in [4.69, 9.17) is 9.29 Å². The Morgan fingerprint density at radius 1 is 1.11 bits per heavy atom. The van der Waals surface area contributed by atoms with Crippen LogP contribution in [0.1, 0.15) is 5.56 Å². The number of nitrogens with zero attached hydrogens (tertiary/aromatic N) is 2. The highest BCUT2D eigenvalue weighted by Gasteiger charge is 2.13. The summed E-state index contributed by atoms with van der Waals surface area (Å²) in [5.74, 6) is -0.722. The molecule has 0 spiro atoms. The molecule has 0 unspecified atom stereocenters. The van der Waals surface area contributed by atoms with Crippen molar-refractivity contribution in [1.29, 1.82) is 0 Å². The molecule has 3 aromatic rings. The van der Waals surface area contributed by atoms with Crippen molar-refractivity contribution in [2.75, 3.05) is 18.9 Å². The fourth-order valence-electron chi connectivity index (χ4n) is 2.58. The Hall–Kier alpha value is -2.91. The van der Waals surface area contributed by atoms with Crippen molar-refractivity contribution in [3.63, 3.8) is 0 Å². The Morgan fingerprint density at radius 2 is 1.81 bits per heavy atom. The normalized spacial score (nSPS) is 11.4. The van der Waals surface area contributed by atoms with Crippen LogP contribution in [0.25, 0.3) is 10.9 Å². The van der Waals surface area contributed by atoms with E-state index in [9.17, 15) is 13.2 Å². The maximum atomic E-state index is 11.8. The monoisotopic (exact) mass is 389 g/mol. The number of benzene rings is 2. The van der Waals surface area contributed by atoms with Gasteiger partial charge in [-0.15, -0.1) is 5.10 Å². The number of hydrogen-bond donors (Lipinski definition) is 2. The third-order valence-electron chi connectivity index (χ3n) is 3.82. The second-order valence-corrected chi connectivity index (χ2v) is 7.46. The van der Waals surface area contributed by atoms with Crippen LogP contribution in [0.3, 0.4) is 0 Å². The van der Waals surface area contributed by atoms with Crippen LogP contribution in [0.4, 0.5) is 0 Å². The Kier molecular flexibility index (Phi) is 5.72. The molecule has 3 rings (SSSR count). The number of para-hydroxylation sites is 1. The molecule has 1 aromatic heterocycles. The highest BCUT2D eigenvalue weighted by atomic mass is 32.2. The Morgan fingerprint density at radius 3 is 2.56 bits per heavy atom. The van der Waals surface area contributed by atoms with Crippen molar-refractivity contribution < 1.29 is 22.5 Å². The molecule has 0 atom stereocenters. The molecule has 0 radical (unpaired) electrons. The van der Waals surface area contributed by atoms with Gasteiger partial charge in [0.15, 0.2) is 6.61 Å². The van der Waals surface area contributed by atoms with Crippen LogP contribution >= 0.6 is 0 Å². The van der Waals surface area contributed by atoms with Gasteiger partial charge < -0.3 is 10.1 Å². The second-order valence-electron chi connectivity index (χ2n) is 5.89. The number of aromatic nitrogens is 2. The summed E-state index contributed by atoms with van der Waals surface area (Å²) in [7, 11) is -4.11. The molecule has 2 N–H and O–H groups in total. The van der Waals surface area contributed by atoms with Gasteiger partial charge in [-0.3, -0.25) is 14.0 Å². The Balaban J connectivity index is 1.69. The van der Waals surface area contributed by atoms with Crippen molar-refractivity contribution in [2.24, 2.45) is 0 Å². The first-order valence-electron chi connectivity index (χ1n) is 8.26. The predicted octanol–water partition coefficient (Wildman–Crippen LogP) is 1.47. The molecule has 0 saturated carbocycles. The average Bonchev–Trinajstić information content (AvgIpc) is 2.98. The van der Waals surface area contributed by atoms with Crippen molar-refractivity contribution >= 4 is 26.9 Å². The van der Waals surface area contributed by atoms with Crippen molar-refractivity contribution in [3.05, 3.63) is 60.2 Å². The van der Waals surface area contributed by atoms with Gasteiger partial charge in [-0.05, 0) is 17.7 Å². The lowest BCUT2D eigenvalue weighted by Crippen LogP contribution is -2.32. The van der Waals surface area contributed by atoms with Crippen molar-refractivity contribution in [3.8, 4) is 5.88 Å². The summed E-state index contributed by atoms with van der Waals surface area (Å²) < 4.78 is 37.3. The molecular formula is C18H19N3O5S. The predicted molar refractivity (Wildman–Crippen MR) is 100 cm³/mol. The van der Waals surface area contributed by atoms with Gasteiger partial charge in [0.2, 0.25) is 5.88 Å². The molecule has 8 nitrogen and oxygen atoms in total. The zero-order valence-corrected chi connectivity index (χ0v) is 15.2. The van der Waals surface area contributed by atoms with E-state index < -0.39 is 21.8 Å². The quantitative estimate of drug-likeness (QED) is 0.565. The van der Waals surface area contributed by atoms with Crippen LogP contribution in [0, 0.1) is 0 Å². The van der Waals surface area contributed by atoms with Gasteiger partial charge in [0.25, 0.3) is 16.0 Å². The topological polar surface area (TPSA) is 111 Å². The fourth-order valence-corrected chi connectivity index (χ4v) is 2.94. The number of hydrogen-bond acceptors (Lipinski definition) is 5. The van der Waals surface area contributed by atoms with Crippen LogP contribution < -0.4 is 10.1 Å². The highest BCUT2D eigenvalue weighted by molar-refractivity contribution is 7.85. The molecule has 0 aliphatic heterocycles. The standard InChI is InChI=1S/C18H19N3O5S/c22-17(19-10-11-27(23,24)25)13-26-18-15-8-4-5-9-16(15)21(20-18)12-14-6-2-1-3-7-14/h1-9H,10-13H2,(H,19,22)(H,23,24,25). The van der Waals surface area contributed by atoms with E-state index in [1.807, 2.05) is 54.6 Å². The third kappa shape index (κ3) is 5.28. The largest absolute Gasteiger partial charge is 0.466 e. The number of carbonyl (C=O) groups is 1. The molecule has 0 fully saturated rings. The molecule has 0 bridgehead atoms. The molecule has 2 aromatic carbocycles. The zero-order chi connectivity index (χ0) is 19.3. The van der Waals surface area contributed by atoms with Gasteiger partial charge in [0.05, 0.1) is 23.2 Å². The van der Waals surface area contributed by atoms with E-state index >= 15 is 0 Å². The van der Waals surface area contributed by atoms with Gasteiger partial charge in [-0.25, -0.2) is 0 Å². The molecule has 0 saturated heterocycles. The number of carbonyl (C=O) groups excluding carboxylic acids is 1. The lowest BCUT2D eigenvalue weighted by molar-refractivity contribution is -0.123. The number of ether oxygens (including phenoxy) is 1. The van der Waals surface area contributed by atoms with E-state index in [1.54, 1.807) is 4.68 Å². The Bertz CT molecular complexity index is 1030. The van der Waals surface area contributed by atoms with Crippen LogP contribution in [-0.2, 0) is 21.5 Å². The minimum absolute atomic E-state index is 0.190. The number of rotatable bonds is 8. The molecule has 9 heteroatoms. The first kappa shape index (κ1) is 18.9. The van der Waals surface area contributed by atoms with Gasteiger partial charge in [-0.2, -0.15) is 8.42 Å². The number of nitrogens with one attached hydrogen (secondary N) is 1. The van der Waals surface area contributed by atoms with Crippen LogP contribution in [-0.4, -0.2) is 47.6 Å². The molecule has 1 amide bonds. The Labute approximate surface area is 156 Å². The first-order chi connectivity index (χ1) is 12.9. The maximum absolute atomic E-state index is 11.8. The summed E-state index contributed by atoms with van der Waals surface area (Å²) in [6.45, 7) is 0.0628. The summed E-state index contributed by atoms with van der Waals surface area (Å²) in [6, 6.07) is 17.4. The summed E-state index contributed by atoms with van der Waals surface area (Å²) in [4.78, 5) is 11.8. The van der Waals surface area contributed by atoms with Crippen molar-refractivity contribution in [2.45, 2.75) is 6.54 Å². The number of amides is 1. The van der Waals surface area contributed by atoms with Crippen LogP contribution in [0.5, 0.6) is 5.88 Å². The van der Waals surface area contributed by atoms with Crippen LogP contribution in [0.15, 0.2) is 54.6 Å². The lowest BCUT2D eigenvalue weighted by Gasteiger charge is -2.05. The highest BCUT2D eigenvalue weighted by Crippen LogP contribution is 2.25. The number of fused-ring (bicyclic) bond motifs is 1. The SMILES string of the molecule is O=C(COc1nn(Cc2ccccc2)c2ccccc12)NCCS(=O)(=O)O. The van der Waals surface area contributed by atoms with Crippen LogP contribution in [0.2, 0.25) is 0 Å². The van der Waals surface area contributed by atoms with E-state index in [1.165, 1.54) is 0 Å². The van der Waals surface area contributed by atoms with E-state index in [2.05, 4.69) is 10.4 Å². The molecule has 1 heterocycles. The first-order valence-corrected chi connectivity index (χ1v) is 9.87. The second kappa shape index (κ2) is 8.19. The van der Waals surface area contributed by atoms with Gasteiger partial charge in [0, 0.05) is 6.54 Å². The maximum Gasteiger partial charge on any atom is 0.266 e. The van der Waals surface area contributed by atoms with Gasteiger partial charge in [-0.1, -0.05) is 42.5 Å². The van der Waals surface area contributed by atoms with E-state index in [-0.39, 0.29) is 13.2 Å². The summed E-state index contributed by atoms with van der Waals surface area (Å²) in [5.41, 5.74) is 1.96. The summed E-state index contributed by atoms with van der Waals surface area (Å²) >= 11 is 0. The molecule has 142 valence electrons. The van der Waals surface area contributed by atoms with Gasteiger partial charge >= 0.3 is 0 Å². The van der Waals surface area contributed by atoms with E-state index in [0.29, 0.717) is 12.4 Å². The van der Waals surface area contributed by atoms with Gasteiger partial charge in [0.1, 0.15) is 0 Å². The molecule has 27 heavy (non-hydrogen) atoms. The fraction of sp³-hybridized carbons (Fsp3) is 0.222. The molecule has 0 aliphatic rings. The minimum atomic E-state index is -4.11. The average molecular weight is 389 g/mol. The smallest absolute Gasteiger partial charge is 0.266 e.